The molecular formula is C21H23ClN2O4S. The zero-order valence-electron chi connectivity index (χ0n) is 16.2. The number of sulfonamides is 1. The quantitative estimate of drug-likeness (QED) is 0.708. The number of nitrogens with one attached hydrogen (secondary N) is 1. The fraction of sp³-hybridized carbons (Fsp3) is 0.333. The molecular weight excluding hydrogens is 412 g/mol. The van der Waals surface area contributed by atoms with Gasteiger partial charge in [-0.15, -0.1) is 0 Å². The fourth-order valence-electron chi connectivity index (χ4n) is 3.28. The van der Waals surface area contributed by atoms with Crippen molar-refractivity contribution in [2.75, 3.05) is 18.4 Å². The van der Waals surface area contributed by atoms with Crippen LogP contribution in [0.4, 0.5) is 5.69 Å². The van der Waals surface area contributed by atoms with E-state index in [2.05, 4.69) is 5.32 Å². The molecule has 1 aliphatic rings. The van der Waals surface area contributed by atoms with Gasteiger partial charge in [-0.3, -0.25) is 9.59 Å². The number of carbonyl (C=O) groups excluding carboxylic acids is 2. The van der Waals surface area contributed by atoms with Gasteiger partial charge >= 0.3 is 0 Å². The SMILES string of the molecule is CC(=O)c1cccc(NC(=O)c2ccc(Cl)c(S(=O)(=O)N3CCCCCC3)c2)c1. The number of carbonyl (C=O) groups is 2. The van der Waals surface area contributed by atoms with Crippen LogP contribution in [0.15, 0.2) is 47.4 Å². The van der Waals surface area contributed by atoms with Gasteiger partial charge in [-0.05, 0) is 50.1 Å². The van der Waals surface area contributed by atoms with E-state index < -0.39 is 15.9 Å². The van der Waals surface area contributed by atoms with Gasteiger partial charge in [0.05, 0.1) is 5.02 Å². The van der Waals surface area contributed by atoms with Crippen molar-refractivity contribution >= 4 is 39.0 Å². The second-order valence-corrected chi connectivity index (χ2v) is 9.37. The van der Waals surface area contributed by atoms with E-state index in [1.54, 1.807) is 24.3 Å². The van der Waals surface area contributed by atoms with E-state index >= 15 is 0 Å². The highest BCUT2D eigenvalue weighted by molar-refractivity contribution is 7.89. The molecule has 1 heterocycles. The smallest absolute Gasteiger partial charge is 0.255 e. The molecule has 154 valence electrons. The maximum Gasteiger partial charge on any atom is 0.255 e. The minimum Gasteiger partial charge on any atom is -0.322 e. The molecule has 0 saturated carbocycles. The molecule has 1 N–H and O–H groups in total. The maximum absolute atomic E-state index is 13.1. The molecule has 0 atom stereocenters. The van der Waals surface area contributed by atoms with E-state index in [9.17, 15) is 18.0 Å². The van der Waals surface area contributed by atoms with Crippen LogP contribution >= 0.6 is 11.6 Å². The lowest BCUT2D eigenvalue weighted by Gasteiger charge is -2.21. The molecule has 2 aromatic rings. The Kier molecular flexibility index (Phi) is 6.72. The van der Waals surface area contributed by atoms with Gasteiger partial charge in [-0.25, -0.2) is 8.42 Å². The van der Waals surface area contributed by atoms with Crippen molar-refractivity contribution in [2.45, 2.75) is 37.5 Å². The van der Waals surface area contributed by atoms with Crippen molar-refractivity contribution in [3.63, 3.8) is 0 Å². The molecule has 29 heavy (non-hydrogen) atoms. The van der Waals surface area contributed by atoms with Crippen LogP contribution in [0.2, 0.25) is 5.02 Å². The average Bonchev–Trinajstić information content (AvgIpc) is 2.98. The summed E-state index contributed by atoms with van der Waals surface area (Å²) in [6.07, 6.45) is 3.62. The number of hydrogen-bond donors (Lipinski definition) is 1. The zero-order valence-corrected chi connectivity index (χ0v) is 17.7. The first-order valence-corrected chi connectivity index (χ1v) is 11.3. The number of halogens is 1. The summed E-state index contributed by atoms with van der Waals surface area (Å²) in [4.78, 5) is 24.1. The number of amides is 1. The average molecular weight is 435 g/mol. The first-order valence-electron chi connectivity index (χ1n) is 9.51. The lowest BCUT2D eigenvalue weighted by Crippen LogP contribution is -2.32. The predicted molar refractivity (Wildman–Crippen MR) is 113 cm³/mol. The van der Waals surface area contributed by atoms with E-state index in [1.165, 1.54) is 29.4 Å². The highest BCUT2D eigenvalue weighted by Crippen LogP contribution is 2.28. The van der Waals surface area contributed by atoms with Crippen molar-refractivity contribution in [3.05, 3.63) is 58.6 Å². The van der Waals surface area contributed by atoms with E-state index in [-0.39, 0.29) is 21.3 Å². The number of hydrogen-bond acceptors (Lipinski definition) is 4. The monoisotopic (exact) mass is 434 g/mol. The van der Waals surface area contributed by atoms with Gasteiger partial charge in [0.15, 0.2) is 5.78 Å². The molecule has 0 aromatic heterocycles. The minimum absolute atomic E-state index is 0.0637. The van der Waals surface area contributed by atoms with E-state index in [4.69, 9.17) is 11.6 Å². The van der Waals surface area contributed by atoms with Crippen molar-refractivity contribution in [2.24, 2.45) is 0 Å². The van der Waals surface area contributed by atoms with Crippen LogP contribution in [0.3, 0.4) is 0 Å². The number of anilines is 1. The topological polar surface area (TPSA) is 83.5 Å². The Bertz CT molecular complexity index is 1030. The van der Waals surface area contributed by atoms with E-state index in [0.717, 1.165) is 25.7 Å². The molecule has 1 amide bonds. The second-order valence-electron chi connectivity index (χ2n) is 7.05. The molecule has 0 unspecified atom stereocenters. The normalized spacial score (nSPS) is 15.5. The van der Waals surface area contributed by atoms with Gasteiger partial charge in [-0.1, -0.05) is 36.6 Å². The summed E-state index contributed by atoms with van der Waals surface area (Å²) in [5, 5.41) is 2.79. The van der Waals surface area contributed by atoms with Gasteiger partial charge in [-0.2, -0.15) is 4.31 Å². The third-order valence-electron chi connectivity index (χ3n) is 4.90. The summed E-state index contributed by atoms with van der Waals surface area (Å²) in [5.74, 6) is -0.590. The Labute approximate surface area is 175 Å². The molecule has 1 saturated heterocycles. The molecule has 3 rings (SSSR count). The molecule has 0 spiro atoms. The number of nitrogens with zero attached hydrogens (tertiary/aromatic N) is 1. The van der Waals surface area contributed by atoms with Crippen molar-refractivity contribution < 1.29 is 18.0 Å². The van der Waals surface area contributed by atoms with Crippen LogP contribution in [0.25, 0.3) is 0 Å². The van der Waals surface area contributed by atoms with Crippen LogP contribution in [0, 0.1) is 0 Å². The zero-order chi connectivity index (χ0) is 21.0. The predicted octanol–water partition coefficient (Wildman–Crippen LogP) is 4.36. The van der Waals surface area contributed by atoms with Crippen molar-refractivity contribution in [1.82, 2.24) is 4.31 Å². The molecule has 6 nitrogen and oxygen atoms in total. The molecule has 0 aliphatic carbocycles. The Morgan fingerprint density at radius 3 is 2.31 bits per heavy atom. The summed E-state index contributed by atoms with van der Waals surface area (Å²) in [5.41, 5.74) is 1.11. The highest BCUT2D eigenvalue weighted by Gasteiger charge is 2.28. The highest BCUT2D eigenvalue weighted by atomic mass is 35.5. The molecule has 8 heteroatoms. The molecule has 2 aromatic carbocycles. The standard InChI is InChI=1S/C21H23ClN2O4S/c1-15(25)16-7-6-8-18(13-16)23-21(26)17-9-10-19(22)20(14-17)29(27,28)24-11-4-2-3-5-12-24/h6-10,13-14H,2-5,11-12H2,1H3,(H,23,26). The largest absolute Gasteiger partial charge is 0.322 e. The molecule has 0 radical (unpaired) electrons. The summed E-state index contributed by atoms with van der Waals surface area (Å²) < 4.78 is 27.6. The summed E-state index contributed by atoms with van der Waals surface area (Å²) >= 11 is 6.19. The summed E-state index contributed by atoms with van der Waals surface area (Å²) in [7, 11) is -3.79. The number of Topliss-reactive ketones (excluding diaryl/α,β-unsaturated/α-hetero) is 1. The van der Waals surface area contributed by atoms with Crippen LogP contribution in [0.1, 0.15) is 53.3 Å². The van der Waals surface area contributed by atoms with Crippen LogP contribution in [-0.2, 0) is 10.0 Å². The van der Waals surface area contributed by atoms with Gasteiger partial charge in [0.1, 0.15) is 4.90 Å². The third kappa shape index (κ3) is 5.04. The van der Waals surface area contributed by atoms with E-state index in [1.807, 2.05) is 0 Å². The van der Waals surface area contributed by atoms with Gasteiger partial charge in [0.25, 0.3) is 5.91 Å². The first-order chi connectivity index (χ1) is 13.8. The molecule has 1 aliphatic heterocycles. The molecule has 0 bridgehead atoms. The number of benzene rings is 2. The van der Waals surface area contributed by atoms with Crippen LogP contribution in [-0.4, -0.2) is 37.5 Å². The fourth-order valence-corrected chi connectivity index (χ4v) is 5.30. The van der Waals surface area contributed by atoms with Gasteiger partial charge < -0.3 is 5.32 Å². The third-order valence-corrected chi connectivity index (χ3v) is 7.28. The number of ketones is 1. The van der Waals surface area contributed by atoms with Gasteiger partial charge in [0.2, 0.25) is 10.0 Å². The van der Waals surface area contributed by atoms with Crippen molar-refractivity contribution in [1.29, 1.82) is 0 Å². The van der Waals surface area contributed by atoms with Crippen LogP contribution in [0.5, 0.6) is 0 Å². The summed E-state index contributed by atoms with van der Waals surface area (Å²) in [6.45, 7) is 2.35. The Morgan fingerprint density at radius 2 is 1.66 bits per heavy atom. The Balaban J connectivity index is 1.87. The molecule has 1 fully saturated rings. The summed E-state index contributed by atoms with van der Waals surface area (Å²) in [6, 6.07) is 10.8. The van der Waals surface area contributed by atoms with Crippen molar-refractivity contribution in [3.8, 4) is 0 Å². The number of rotatable bonds is 5. The second kappa shape index (κ2) is 9.07. The van der Waals surface area contributed by atoms with Gasteiger partial charge in [0, 0.05) is 29.9 Å². The Morgan fingerprint density at radius 1 is 0.966 bits per heavy atom. The lowest BCUT2D eigenvalue weighted by atomic mass is 10.1. The first kappa shape index (κ1) is 21.5. The minimum atomic E-state index is -3.79. The van der Waals surface area contributed by atoms with Crippen LogP contribution < -0.4 is 5.32 Å². The Hall–Kier alpha value is -2.22. The lowest BCUT2D eigenvalue weighted by molar-refractivity contribution is 0.101. The maximum atomic E-state index is 13.1. The van der Waals surface area contributed by atoms with E-state index in [0.29, 0.717) is 24.3 Å².